The average Bonchev–Trinajstić information content (AvgIpc) is 2.83. The summed E-state index contributed by atoms with van der Waals surface area (Å²) < 4.78 is 5.75. The Morgan fingerprint density at radius 3 is 2.28 bits per heavy atom. The van der Waals surface area contributed by atoms with Crippen LogP contribution in [0.2, 0.25) is 0 Å². The molecular formula is C16H24O2. The molecule has 2 heteroatoms. The lowest BCUT2D eigenvalue weighted by Gasteiger charge is -2.38. The molecule has 0 amide bonds. The molecule has 0 N–H and O–H groups in total. The minimum absolute atomic E-state index is 0.205. The molecule has 2 nitrogen and oxygen atoms in total. The molecule has 3 aliphatic carbocycles. The van der Waals surface area contributed by atoms with Gasteiger partial charge in [0.15, 0.2) is 0 Å². The van der Waals surface area contributed by atoms with E-state index in [0.29, 0.717) is 5.57 Å². The summed E-state index contributed by atoms with van der Waals surface area (Å²) in [5.74, 6) is 3.27. The van der Waals surface area contributed by atoms with E-state index in [9.17, 15) is 4.79 Å². The second-order valence-electron chi connectivity index (χ2n) is 7.04. The van der Waals surface area contributed by atoms with Crippen LogP contribution in [0, 0.1) is 23.7 Å². The van der Waals surface area contributed by atoms with Crippen LogP contribution in [-0.2, 0) is 9.53 Å². The molecule has 4 atom stereocenters. The molecule has 0 aromatic carbocycles. The standard InChI is InChI=1S/C16H24O2/c1-10(2)15(17)18-16(3)8-11-7-12(9-16)14-6-4-5-13(11)14/h11-14H,1,4-9H2,2-3H3. The van der Waals surface area contributed by atoms with Gasteiger partial charge in [0, 0.05) is 5.57 Å². The summed E-state index contributed by atoms with van der Waals surface area (Å²) in [6, 6.07) is 0. The third-order valence-electron chi connectivity index (χ3n) is 5.52. The van der Waals surface area contributed by atoms with Gasteiger partial charge in [-0.25, -0.2) is 4.79 Å². The molecule has 3 aliphatic rings. The van der Waals surface area contributed by atoms with Gasteiger partial charge in [-0.3, -0.25) is 0 Å². The number of fused-ring (bicyclic) bond motifs is 5. The van der Waals surface area contributed by atoms with Gasteiger partial charge in [0.2, 0.25) is 0 Å². The van der Waals surface area contributed by atoms with Crippen LogP contribution in [0.5, 0.6) is 0 Å². The molecule has 0 aromatic heterocycles. The lowest BCUT2D eigenvalue weighted by Crippen LogP contribution is -2.39. The van der Waals surface area contributed by atoms with Crippen LogP contribution < -0.4 is 0 Å². The monoisotopic (exact) mass is 248 g/mol. The molecule has 100 valence electrons. The van der Waals surface area contributed by atoms with Gasteiger partial charge in [0.05, 0.1) is 0 Å². The number of carbonyl (C=O) groups is 1. The zero-order chi connectivity index (χ0) is 12.9. The van der Waals surface area contributed by atoms with Crippen LogP contribution in [0.4, 0.5) is 0 Å². The average molecular weight is 248 g/mol. The number of ether oxygens (including phenoxy) is 1. The highest BCUT2D eigenvalue weighted by Crippen LogP contribution is 2.59. The van der Waals surface area contributed by atoms with E-state index in [4.69, 9.17) is 4.74 Å². The minimum Gasteiger partial charge on any atom is -0.456 e. The van der Waals surface area contributed by atoms with Gasteiger partial charge in [-0.15, -0.1) is 0 Å². The molecule has 0 saturated heterocycles. The summed E-state index contributed by atoms with van der Waals surface area (Å²) in [5.41, 5.74) is 0.294. The predicted octanol–water partition coefficient (Wildman–Crippen LogP) is 3.71. The SMILES string of the molecule is C=C(C)C(=O)OC1(C)CC2CC(C1)C1CCCC21. The third kappa shape index (κ3) is 1.90. The smallest absolute Gasteiger partial charge is 0.333 e. The van der Waals surface area contributed by atoms with Gasteiger partial charge in [0.1, 0.15) is 5.60 Å². The number of hydrogen-bond acceptors (Lipinski definition) is 2. The second-order valence-corrected chi connectivity index (χ2v) is 7.04. The van der Waals surface area contributed by atoms with Gasteiger partial charge in [-0.05, 0) is 69.6 Å². The summed E-state index contributed by atoms with van der Waals surface area (Å²) in [6.45, 7) is 7.56. The van der Waals surface area contributed by atoms with E-state index in [-0.39, 0.29) is 11.6 Å². The fraction of sp³-hybridized carbons (Fsp3) is 0.812. The zero-order valence-electron chi connectivity index (χ0n) is 11.6. The molecule has 0 heterocycles. The van der Waals surface area contributed by atoms with Crippen LogP contribution in [0.15, 0.2) is 12.2 Å². The van der Waals surface area contributed by atoms with Crippen LogP contribution in [0.1, 0.15) is 52.4 Å². The van der Waals surface area contributed by atoms with E-state index < -0.39 is 0 Å². The molecule has 4 unspecified atom stereocenters. The molecule has 3 saturated carbocycles. The highest BCUT2D eigenvalue weighted by atomic mass is 16.6. The number of esters is 1. The Hall–Kier alpha value is -0.790. The lowest BCUT2D eigenvalue weighted by atomic mass is 9.76. The summed E-state index contributed by atoms with van der Waals surface area (Å²) in [6.07, 6.45) is 7.78. The predicted molar refractivity (Wildman–Crippen MR) is 71.0 cm³/mol. The van der Waals surface area contributed by atoms with Gasteiger partial charge in [-0.1, -0.05) is 13.0 Å². The van der Waals surface area contributed by atoms with Crippen molar-refractivity contribution in [3.63, 3.8) is 0 Å². The first-order valence-corrected chi connectivity index (χ1v) is 7.37. The first-order chi connectivity index (χ1) is 8.48. The van der Waals surface area contributed by atoms with Gasteiger partial charge < -0.3 is 4.74 Å². The maximum atomic E-state index is 11.8. The Morgan fingerprint density at radius 2 is 1.78 bits per heavy atom. The van der Waals surface area contributed by atoms with Crippen molar-refractivity contribution in [3.05, 3.63) is 12.2 Å². The summed E-state index contributed by atoms with van der Waals surface area (Å²) in [5, 5.41) is 0. The van der Waals surface area contributed by atoms with Crippen molar-refractivity contribution < 1.29 is 9.53 Å². The van der Waals surface area contributed by atoms with Crippen LogP contribution in [-0.4, -0.2) is 11.6 Å². The van der Waals surface area contributed by atoms with E-state index in [1.165, 1.54) is 25.7 Å². The van der Waals surface area contributed by atoms with Crippen molar-refractivity contribution in [2.75, 3.05) is 0 Å². The fourth-order valence-corrected chi connectivity index (χ4v) is 4.98. The first kappa shape index (κ1) is 12.3. The second kappa shape index (κ2) is 4.11. The van der Waals surface area contributed by atoms with Crippen molar-refractivity contribution in [3.8, 4) is 0 Å². The first-order valence-electron chi connectivity index (χ1n) is 7.37. The highest BCUT2D eigenvalue weighted by Gasteiger charge is 2.53. The third-order valence-corrected chi connectivity index (χ3v) is 5.52. The van der Waals surface area contributed by atoms with Crippen molar-refractivity contribution in [1.29, 1.82) is 0 Å². The Labute approximate surface area is 110 Å². The van der Waals surface area contributed by atoms with E-state index in [1.807, 2.05) is 0 Å². The summed E-state index contributed by atoms with van der Waals surface area (Å²) in [7, 11) is 0. The van der Waals surface area contributed by atoms with Gasteiger partial charge >= 0.3 is 5.97 Å². The molecule has 18 heavy (non-hydrogen) atoms. The minimum atomic E-state index is -0.228. The summed E-state index contributed by atoms with van der Waals surface area (Å²) in [4.78, 5) is 11.8. The molecule has 0 spiro atoms. The molecule has 0 aliphatic heterocycles. The van der Waals surface area contributed by atoms with Crippen LogP contribution in [0.25, 0.3) is 0 Å². The molecule has 0 aromatic rings. The van der Waals surface area contributed by atoms with Crippen molar-refractivity contribution in [2.24, 2.45) is 23.7 Å². The van der Waals surface area contributed by atoms with Crippen molar-refractivity contribution >= 4 is 5.97 Å². The van der Waals surface area contributed by atoms with Gasteiger partial charge in [-0.2, -0.15) is 0 Å². The van der Waals surface area contributed by atoms with Crippen molar-refractivity contribution in [2.45, 2.75) is 58.0 Å². The normalized spacial score (nSPS) is 45.7. The molecule has 0 radical (unpaired) electrons. The maximum absolute atomic E-state index is 11.8. The van der Waals surface area contributed by atoms with Crippen LogP contribution in [0.3, 0.4) is 0 Å². The molecule has 3 fully saturated rings. The van der Waals surface area contributed by atoms with E-state index in [0.717, 1.165) is 36.5 Å². The van der Waals surface area contributed by atoms with Crippen molar-refractivity contribution in [1.82, 2.24) is 0 Å². The largest absolute Gasteiger partial charge is 0.456 e. The van der Waals surface area contributed by atoms with E-state index in [1.54, 1.807) is 6.92 Å². The Kier molecular flexibility index (Phi) is 2.80. The Balaban J connectivity index is 1.73. The molecule has 2 bridgehead atoms. The fourth-order valence-electron chi connectivity index (χ4n) is 4.98. The quantitative estimate of drug-likeness (QED) is 0.550. The van der Waals surface area contributed by atoms with E-state index in [2.05, 4.69) is 13.5 Å². The Morgan fingerprint density at radius 1 is 1.22 bits per heavy atom. The Bertz CT molecular complexity index is 367. The highest BCUT2D eigenvalue weighted by molar-refractivity contribution is 5.87. The zero-order valence-corrected chi connectivity index (χ0v) is 11.6. The summed E-state index contributed by atoms with van der Waals surface area (Å²) >= 11 is 0. The topological polar surface area (TPSA) is 26.3 Å². The lowest BCUT2D eigenvalue weighted by molar-refractivity contribution is -0.158. The number of rotatable bonds is 2. The van der Waals surface area contributed by atoms with E-state index >= 15 is 0 Å². The van der Waals surface area contributed by atoms with Crippen LogP contribution >= 0.6 is 0 Å². The van der Waals surface area contributed by atoms with Gasteiger partial charge in [0.25, 0.3) is 0 Å². The molecule has 3 rings (SSSR count). The number of hydrogen-bond donors (Lipinski definition) is 0. The maximum Gasteiger partial charge on any atom is 0.333 e. The number of carbonyl (C=O) groups excluding carboxylic acids is 1. The molecular weight excluding hydrogens is 224 g/mol.